The van der Waals surface area contributed by atoms with Crippen LogP contribution in [-0.4, -0.2) is 27.9 Å². The second-order valence-electron chi connectivity index (χ2n) is 10.9. The monoisotopic (exact) mass is 544 g/mol. The van der Waals surface area contributed by atoms with Crippen LogP contribution in [0, 0.1) is 0 Å². The Labute approximate surface area is 234 Å². The Morgan fingerprint density at radius 1 is 0.780 bits per heavy atom. The molecule has 5 aromatic rings. The molecule has 3 aromatic carbocycles. The summed E-state index contributed by atoms with van der Waals surface area (Å²) in [6, 6.07) is 18.5. The molecule has 0 amide bonds. The summed E-state index contributed by atoms with van der Waals surface area (Å²) in [6.07, 6.45) is 3.28. The van der Waals surface area contributed by atoms with Crippen LogP contribution in [0.4, 0.5) is 0 Å². The van der Waals surface area contributed by atoms with Crippen LogP contribution < -0.4 is 9.47 Å². The number of esters is 3. The van der Waals surface area contributed by atoms with Crippen molar-refractivity contribution < 1.29 is 28.6 Å². The Morgan fingerprint density at radius 2 is 1.41 bits per heavy atom. The SMILES string of the molecule is CC(=O)Oc1ccc2c(c1)C(C)(C)c1cc(OC(C)=O)ccc1C21OC(=O)c2cnc3c(ccc4cccnc43)c21. The van der Waals surface area contributed by atoms with Gasteiger partial charge in [-0.2, -0.15) is 0 Å². The number of hydrogen-bond donors (Lipinski definition) is 0. The first-order valence-electron chi connectivity index (χ1n) is 13.2. The number of rotatable bonds is 2. The van der Waals surface area contributed by atoms with Crippen molar-refractivity contribution in [1.29, 1.82) is 0 Å². The van der Waals surface area contributed by atoms with E-state index >= 15 is 0 Å². The van der Waals surface area contributed by atoms with Crippen molar-refractivity contribution in [1.82, 2.24) is 9.97 Å². The molecule has 2 aromatic heterocycles. The van der Waals surface area contributed by atoms with Crippen molar-refractivity contribution in [2.45, 2.75) is 38.7 Å². The van der Waals surface area contributed by atoms with Crippen LogP contribution in [0.25, 0.3) is 21.8 Å². The van der Waals surface area contributed by atoms with E-state index in [9.17, 15) is 14.4 Å². The Balaban J connectivity index is 1.62. The van der Waals surface area contributed by atoms with Gasteiger partial charge in [0.05, 0.1) is 16.6 Å². The zero-order valence-electron chi connectivity index (χ0n) is 22.8. The minimum absolute atomic E-state index is 0.359. The van der Waals surface area contributed by atoms with Gasteiger partial charge in [-0.05, 0) is 41.5 Å². The number of nitrogens with zero attached hydrogens (tertiary/aromatic N) is 2. The van der Waals surface area contributed by atoms with Crippen molar-refractivity contribution >= 4 is 39.7 Å². The lowest BCUT2D eigenvalue weighted by molar-refractivity contribution is -0.132. The third kappa shape index (κ3) is 3.43. The van der Waals surface area contributed by atoms with E-state index in [-0.39, 0.29) is 0 Å². The molecule has 7 rings (SSSR count). The van der Waals surface area contributed by atoms with Crippen LogP contribution in [0.2, 0.25) is 0 Å². The Bertz CT molecular complexity index is 1920. The summed E-state index contributed by atoms with van der Waals surface area (Å²) in [5.74, 6) is -0.642. The molecule has 0 atom stereocenters. The van der Waals surface area contributed by atoms with Crippen LogP contribution in [0.15, 0.2) is 73.1 Å². The third-order valence-electron chi connectivity index (χ3n) is 8.04. The molecule has 8 heteroatoms. The summed E-state index contributed by atoms with van der Waals surface area (Å²) in [5, 5.41) is 1.67. The summed E-state index contributed by atoms with van der Waals surface area (Å²) in [4.78, 5) is 46.6. The molecule has 2 aliphatic rings. The average molecular weight is 545 g/mol. The van der Waals surface area contributed by atoms with E-state index in [2.05, 4.69) is 9.97 Å². The Morgan fingerprint density at radius 3 is 2.02 bits per heavy atom. The van der Waals surface area contributed by atoms with E-state index in [1.807, 2.05) is 62.4 Å². The number of carbonyl (C=O) groups excluding carboxylic acids is 3. The van der Waals surface area contributed by atoms with Crippen LogP contribution in [0.3, 0.4) is 0 Å². The molecule has 0 saturated carbocycles. The van der Waals surface area contributed by atoms with Gasteiger partial charge < -0.3 is 14.2 Å². The highest BCUT2D eigenvalue weighted by atomic mass is 16.6. The van der Waals surface area contributed by atoms with Gasteiger partial charge in [-0.15, -0.1) is 0 Å². The zero-order valence-corrected chi connectivity index (χ0v) is 22.8. The maximum absolute atomic E-state index is 13.6. The highest BCUT2D eigenvalue weighted by molar-refractivity contribution is 6.09. The van der Waals surface area contributed by atoms with E-state index in [1.165, 1.54) is 13.8 Å². The van der Waals surface area contributed by atoms with Gasteiger partial charge in [0.25, 0.3) is 0 Å². The second kappa shape index (κ2) is 8.44. The van der Waals surface area contributed by atoms with Crippen molar-refractivity contribution in [2.75, 3.05) is 0 Å². The lowest BCUT2D eigenvalue weighted by Gasteiger charge is -2.44. The van der Waals surface area contributed by atoms with Crippen molar-refractivity contribution in [3.8, 4) is 11.5 Å². The van der Waals surface area contributed by atoms with E-state index < -0.39 is 28.9 Å². The minimum Gasteiger partial charge on any atom is -0.440 e. The number of aromatic nitrogens is 2. The number of carbonyl (C=O) groups is 3. The van der Waals surface area contributed by atoms with Crippen molar-refractivity contribution in [3.63, 3.8) is 0 Å². The number of fused-ring (bicyclic) bond motifs is 10. The molecule has 0 fully saturated rings. The Kier molecular flexibility index (Phi) is 5.13. The number of ether oxygens (including phenoxy) is 3. The maximum atomic E-state index is 13.6. The molecule has 1 aliphatic carbocycles. The van der Waals surface area contributed by atoms with Gasteiger partial charge in [-0.1, -0.05) is 44.2 Å². The fourth-order valence-corrected chi connectivity index (χ4v) is 6.40. The quantitative estimate of drug-likeness (QED) is 0.158. The molecule has 1 aliphatic heterocycles. The maximum Gasteiger partial charge on any atom is 0.341 e. The average Bonchev–Trinajstić information content (AvgIpc) is 3.24. The predicted molar refractivity (Wildman–Crippen MR) is 150 cm³/mol. The lowest BCUT2D eigenvalue weighted by Crippen LogP contribution is -2.41. The smallest absolute Gasteiger partial charge is 0.341 e. The minimum atomic E-state index is -1.35. The molecule has 0 bridgehead atoms. The first-order chi connectivity index (χ1) is 19.6. The third-order valence-corrected chi connectivity index (χ3v) is 8.04. The highest BCUT2D eigenvalue weighted by Crippen LogP contribution is 2.58. The van der Waals surface area contributed by atoms with Gasteiger partial charge in [0.2, 0.25) is 0 Å². The van der Waals surface area contributed by atoms with Gasteiger partial charge >= 0.3 is 17.9 Å². The molecular formula is C33H24N2O6. The molecule has 0 N–H and O–H groups in total. The van der Waals surface area contributed by atoms with Gasteiger partial charge in [0, 0.05) is 59.1 Å². The summed E-state index contributed by atoms with van der Waals surface area (Å²) in [6.45, 7) is 6.76. The largest absolute Gasteiger partial charge is 0.440 e. The van der Waals surface area contributed by atoms with Crippen LogP contribution in [-0.2, 0) is 25.3 Å². The summed E-state index contributed by atoms with van der Waals surface area (Å²) < 4.78 is 17.4. The van der Waals surface area contributed by atoms with Gasteiger partial charge in [0.1, 0.15) is 11.5 Å². The normalized spacial score (nSPS) is 15.7. The molecule has 1 spiro atoms. The molecule has 3 heterocycles. The first kappa shape index (κ1) is 24.9. The van der Waals surface area contributed by atoms with E-state index in [4.69, 9.17) is 14.2 Å². The van der Waals surface area contributed by atoms with Gasteiger partial charge in [-0.3, -0.25) is 19.6 Å². The zero-order chi connectivity index (χ0) is 28.7. The van der Waals surface area contributed by atoms with Crippen LogP contribution >= 0.6 is 0 Å². The second-order valence-corrected chi connectivity index (χ2v) is 10.9. The standard InChI is InChI=1S/C33H24N2O6/c1-17(36)39-20-8-11-24-26(14-20)32(3,4)27-15-21(40-18(2)37)9-12-25(27)33(24)28-22-10-7-19-6-5-13-34-29(19)30(22)35-16-23(28)31(38)41-33/h5-16H,1-4H3. The van der Waals surface area contributed by atoms with Crippen LogP contribution in [0.1, 0.15) is 65.9 Å². The fourth-order valence-electron chi connectivity index (χ4n) is 6.40. The highest BCUT2D eigenvalue weighted by Gasteiger charge is 2.56. The Hall–Kier alpha value is -5.11. The van der Waals surface area contributed by atoms with Crippen molar-refractivity contribution in [2.24, 2.45) is 0 Å². The molecule has 8 nitrogen and oxygen atoms in total. The van der Waals surface area contributed by atoms with Crippen LogP contribution in [0.5, 0.6) is 11.5 Å². The lowest BCUT2D eigenvalue weighted by atomic mass is 9.61. The first-order valence-corrected chi connectivity index (χ1v) is 13.2. The number of hydrogen-bond acceptors (Lipinski definition) is 8. The fraction of sp³-hybridized carbons (Fsp3) is 0.182. The van der Waals surface area contributed by atoms with E-state index in [0.29, 0.717) is 33.7 Å². The van der Waals surface area contributed by atoms with Gasteiger partial charge in [-0.25, -0.2) is 4.79 Å². The summed E-state index contributed by atoms with van der Waals surface area (Å²) >= 11 is 0. The predicted octanol–water partition coefficient (Wildman–Crippen LogP) is 5.74. The van der Waals surface area contributed by atoms with Gasteiger partial charge in [0.15, 0.2) is 5.60 Å². The van der Waals surface area contributed by atoms with Crippen molar-refractivity contribution in [3.05, 3.63) is 106 Å². The molecule has 202 valence electrons. The molecule has 0 radical (unpaired) electrons. The van der Waals surface area contributed by atoms with E-state index in [0.717, 1.165) is 33.0 Å². The molecule has 41 heavy (non-hydrogen) atoms. The number of benzene rings is 3. The summed E-state index contributed by atoms with van der Waals surface area (Å²) in [5.41, 5.74) is 3.47. The molecule has 0 saturated heterocycles. The number of pyridine rings is 2. The van der Waals surface area contributed by atoms with E-state index in [1.54, 1.807) is 24.5 Å². The summed E-state index contributed by atoms with van der Waals surface area (Å²) in [7, 11) is 0. The molecule has 0 unspecified atom stereocenters. The molecular weight excluding hydrogens is 520 g/mol. The topological polar surface area (TPSA) is 105 Å².